The molecular weight excluding hydrogens is 413 g/mol. The van der Waals surface area contributed by atoms with Gasteiger partial charge in [0.25, 0.3) is 0 Å². The lowest BCUT2D eigenvalue weighted by atomic mass is 9.89. The van der Waals surface area contributed by atoms with E-state index in [-0.39, 0.29) is 29.4 Å². The van der Waals surface area contributed by atoms with Crippen LogP contribution in [0.25, 0.3) is 0 Å². The van der Waals surface area contributed by atoms with Crippen LogP contribution in [0.4, 0.5) is 0 Å². The van der Waals surface area contributed by atoms with E-state index < -0.39 is 0 Å². The highest BCUT2D eigenvalue weighted by Gasteiger charge is 2.33. The number of guanidine groups is 1. The molecule has 0 atom stereocenters. The summed E-state index contributed by atoms with van der Waals surface area (Å²) in [6, 6.07) is 7.93. The van der Waals surface area contributed by atoms with Crippen LogP contribution >= 0.6 is 35.6 Å². The summed E-state index contributed by atoms with van der Waals surface area (Å²) in [5.41, 5.74) is 1.41. The van der Waals surface area contributed by atoms with Crippen LogP contribution in [0.2, 0.25) is 5.02 Å². The van der Waals surface area contributed by atoms with Crippen molar-refractivity contribution in [2.45, 2.75) is 20.4 Å². The largest absolute Gasteiger partial charge is 0.380 e. The van der Waals surface area contributed by atoms with Crippen molar-refractivity contribution < 1.29 is 4.74 Å². The standard InChI is InChI=1S/C16H24ClN3O.HI/c1-4-18-15(19-10-16(2)11-21-12-16)20(3)9-13-5-7-14(17)8-6-13;/h5-8H,4,9-12H2,1-3H3,(H,18,19);1H. The molecule has 1 N–H and O–H groups in total. The van der Waals surface area contributed by atoms with Crippen molar-refractivity contribution in [2.24, 2.45) is 10.4 Å². The van der Waals surface area contributed by atoms with E-state index in [0.717, 1.165) is 43.8 Å². The first-order valence-electron chi connectivity index (χ1n) is 7.34. The van der Waals surface area contributed by atoms with Crippen LogP contribution in [0, 0.1) is 5.41 Å². The summed E-state index contributed by atoms with van der Waals surface area (Å²) < 4.78 is 5.28. The zero-order valence-corrected chi connectivity index (χ0v) is 16.5. The highest BCUT2D eigenvalue weighted by molar-refractivity contribution is 14.0. The van der Waals surface area contributed by atoms with Gasteiger partial charge in [-0.1, -0.05) is 30.7 Å². The van der Waals surface area contributed by atoms with Gasteiger partial charge in [0.05, 0.1) is 19.8 Å². The summed E-state index contributed by atoms with van der Waals surface area (Å²) >= 11 is 5.92. The van der Waals surface area contributed by atoms with Gasteiger partial charge in [0, 0.05) is 30.6 Å². The lowest BCUT2D eigenvalue weighted by molar-refractivity contribution is -0.0946. The monoisotopic (exact) mass is 437 g/mol. The third kappa shape index (κ3) is 5.59. The number of nitrogens with one attached hydrogen (secondary N) is 1. The average molecular weight is 438 g/mol. The molecule has 1 aliphatic rings. The molecule has 0 amide bonds. The van der Waals surface area contributed by atoms with Crippen LogP contribution in [-0.4, -0.2) is 44.2 Å². The number of rotatable bonds is 5. The predicted molar refractivity (Wildman–Crippen MR) is 103 cm³/mol. The van der Waals surface area contributed by atoms with E-state index in [1.54, 1.807) is 0 Å². The van der Waals surface area contributed by atoms with Crippen molar-refractivity contribution >= 4 is 41.5 Å². The van der Waals surface area contributed by atoms with Gasteiger partial charge >= 0.3 is 0 Å². The van der Waals surface area contributed by atoms with E-state index in [2.05, 4.69) is 31.1 Å². The Morgan fingerprint density at radius 3 is 2.50 bits per heavy atom. The van der Waals surface area contributed by atoms with E-state index in [4.69, 9.17) is 21.3 Å². The maximum Gasteiger partial charge on any atom is 0.193 e. The van der Waals surface area contributed by atoms with Crippen molar-refractivity contribution in [1.82, 2.24) is 10.2 Å². The SMILES string of the molecule is CCNC(=NCC1(C)COC1)N(C)Cc1ccc(Cl)cc1.I. The van der Waals surface area contributed by atoms with Gasteiger partial charge in [0.1, 0.15) is 0 Å². The normalized spacial score (nSPS) is 16.5. The molecule has 4 nitrogen and oxygen atoms in total. The van der Waals surface area contributed by atoms with Gasteiger partial charge in [0.15, 0.2) is 5.96 Å². The van der Waals surface area contributed by atoms with Crippen LogP contribution in [0.5, 0.6) is 0 Å². The second kappa shape index (κ2) is 8.93. The van der Waals surface area contributed by atoms with Crippen molar-refractivity contribution in [3.05, 3.63) is 34.9 Å². The number of hydrogen-bond acceptors (Lipinski definition) is 2. The van der Waals surface area contributed by atoms with Crippen LogP contribution in [0.15, 0.2) is 29.3 Å². The van der Waals surface area contributed by atoms with E-state index in [1.165, 1.54) is 5.56 Å². The van der Waals surface area contributed by atoms with Gasteiger partial charge in [-0.25, -0.2) is 0 Å². The Bertz CT molecular complexity index is 489. The fourth-order valence-corrected chi connectivity index (χ4v) is 2.34. The maximum absolute atomic E-state index is 5.92. The molecule has 1 heterocycles. The fourth-order valence-electron chi connectivity index (χ4n) is 2.22. The van der Waals surface area contributed by atoms with Gasteiger partial charge in [-0.3, -0.25) is 4.99 Å². The first-order valence-corrected chi connectivity index (χ1v) is 7.72. The molecule has 1 fully saturated rings. The number of hydrogen-bond donors (Lipinski definition) is 1. The van der Waals surface area contributed by atoms with Gasteiger partial charge in [-0.15, -0.1) is 24.0 Å². The molecule has 0 saturated carbocycles. The van der Waals surface area contributed by atoms with Crippen molar-refractivity contribution in [2.75, 3.05) is 33.4 Å². The number of aliphatic imine (C=N–C) groups is 1. The summed E-state index contributed by atoms with van der Waals surface area (Å²) in [5, 5.41) is 4.11. The number of benzene rings is 1. The number of halogens is 2. The number of nitrogens with zero attached hydrogens (tertiary/aromatic N) is 2. The van der Waals surface area contributed by atoms with E-state index in [1.807, 2.05) is 24.3 Å². The molecule has 1 aliphatic heterocycles. The van der Waals surface area contributed by atoms with E-state index in [0.29, 0.717) is 0 Å². The number of ether oxygens (including phenoxy) is 1. The lowest BCUT2D eigenvalue weighted by Crippen LogP contribution is -2.44. The summed E-state index contributed by atoms with van der Waals surface area (Å²) in [4.78, 5) is 6.88. The quantitative estimate of drug-likeness (QED) is 0.436. The second-order valence-electron chi connectivity index (χ2n) is 5.96. The molecule has 0 bridgehead atoms. The van der Waals surface area contributed by atoms with Gasteiger partial charge < -0.3 is 15.0 Å². The maximum atomic E-state index is 5.92. The molecule has 6 heteroatoms. The molecule has 0 radical (unpaired) electrons. The average Bonchev–Trinajstić information content (AvgIpc) is 2.43. The van der Waals surface area contributed by atoms with Crippen molar-refractivity contribution in [3.63, 3.8) is 0 Å². The molecule has 2 rings (SSSR count). The van der Waals surface area contributed by atoms with Gasteiger partial charge in [-0.2, -0.15) is 0 Å². The Hall–Kier alpha value is -0.530. The van der Waals surface area contributed by atoms with E-state index >= 15 is 0 Å². The first-order chi connectivity index (χ1) is 10.0. The first kappa shape index (κ1) is 19.5. The van der Waals surface area contributed by atoms with Crippen LogP contribution in [0.3, 0.4) is 0 Å². The third-order valence-electron chi connectivity index (χ3n) is 3.54. The van der Waals surface area contributed by atoms with Crippen LogP contribution < -0.4 is 5.32 Å². The Balaban J connectivity index is 0.00000242. The molecule has 1 aromatic carbocycles. The van der Waals surface area contributed by atoms with Gasteiger partial charge in [-0.05, 0) is 24.6 Å². The molecule has 22 heavy (non-hydrogen) atoms. The summed E-state index contributed by atoms with van der Waals surface area (Å²) in [6.45, 7) is 8.35. The van der Waals surface area contributed by atoms with Gasteiger partial charge in [0.2, 0.25) is 0 Å². The minimum atomic E-state index is 0. The van der Waals surface area contributed by atoms with Crippen molar-refractivity contribution in [1.29, 1.82) is 0 Å². The zero-order chi connectivity index (χ0) is 15.3. The minimum absolute atomic E-state index is 0. The second-order valence-corrected chi connectivity index (χ2v) is 6.39. The lowest BCUT2D eigenvalue weighted by Gasteiger charge is -2.37. The van der Waals surface area contributed by atoms with E-state index in [9.17, 15) is 0 Å². The topological polar surface area (TPSA) is 36.9 Å². The van der Waals surface area contributed by atoms with Crippen LogP contribution in [-0.2, 0) is 11.3 Å². The zero-order valence-electron chi connectivity index (χ0n) is 13.4. The Morgan fingerprint density at radius 2 is 2.00 bits per heavy atom. The Labute approximate surface area is 155 Å². The predicted octanol–water partition coefficient (Wildman–Crippen LogP) is 3.39. The molecule has 124 valence electrons. The third-order valence-corrected chi connectivity index (χ3v) is 3.79. The fraction of sp³-hybridized carbons (Fsp3) is 0.562. The highest BCUT2D eigenvalue weighted by Crippen LogP contribution is 2.26. The molecule has 0 aliphatic carbocycles. The minimum Gasteiger partial charge on any atom is -0.380 e. The Morgan fingerprint density at radius 1 is 1.36 bits per heavy atom. The molecule has 0 spiro atoms. The highest BCUT2D eigenvalue weighted by atomic mass is 127. The molecule has 0 aromatic heterocycles. The summed E-state index contributed by atoms with van der Waals surface area (Å²) in [5.74, 6) is 0.931. The molecule has 1 aromatic rings. The summed E-state index contributed by atoms with van der Waals surface area (Å²) in [7, 11) is 2.05. The molecular formula is C16H25ClIN3O. The van der Waals surface area contributed by atoms with Crippen LogP contribution in [0.1, 0.15) is 19.4 Å². The smallest absolute Gasteiger partial charge is 0.193 e. The van der Waals surface area contributed by atoms with Crippen molar-refractivity contribution in [3.8, 4) is 0 Å². The Kier molecular flexibility index (Phi) is 7.93. The molecule has 0 unspecified atom stereocenters. The summed E-state index contributed by atoms with van der Waals surface area (Å²) in [6.07, 6.45) is 0. The molecule has 1 saturated heterocycles.